The maximum Gasteiger partial charge on any atom is 0.401 e. The van der Waals surface area contributed by atoms with Gasteiger partial charge in [-0.05, 0) is 44.0 Å². The van der Waals surface area contributed by atoms with Crippen LogP contribution in [0.1, 0.15) is 35.7 Å². The number of nitrogens with one attached hydrogen (secondary N) is 2. The Kier molecular flexibility index (Phi) is 8.24. The average Bonchev–Trinajstić information content (AvgIpc) is 3.33. The van der Waals surface area contributed by atoms with E-state index in [2.05, 4.69) is 15.6 Å². The van der Waals surface area contributed by atoms with Crippen LogP contribution in [0, 0.1) is 0 Å². The lowest BCUT2D eigenvalue weighted by Crippen LogP contribution is -2.44. The molecule has 2 aromatic heterocycles. The maximum atomic E-state index is 12.9. The van der Waals surface area contributed by atoms with E-state index in [4.69, 9.17) is 5.73 Å². The van der Waals surface area contributed by atoms with Gasteiger partial charge in [0.15, 0.2) is 0 Å². The summed E-state index contributed by atoms with van der Waals surface area (Å²) in [5.41, 5.74) is 7.98. The van der Waals surface area contributed by atoms with Crippen molar-refractivity contribution in [1.29, 1.82) is 0 Å². The molecule has 9 nitrogen and oxygen atoms in total. The fourth-order valence-corrected chi connectivity index (χ4v) is 4.99. The second-order valence-corrected chi connectivity index (χ2v) is 9.54. The first-order valence-electron chi connectivity index (χ1n) is 12.7. The Morgan fingerprint density at radius 3 is 2.51 bits per heavy atom. The minimum absolute atomic E-state index is 0.0412. The smallest absolute Gasteiger partial charge is 0.384 e. The summed E-state index contributed by atoms with van der Waals surface area (Å²) in [7, 11) is 1.43. The third-order valence-corrected chi connectivity index (χ3v) is 6.95. The highest BCUT2D eigenvalue weighted by Gasteiger charge is 2.36. The number of halogens is 3. The number of nitrogen functional groups attached to an aromatic ring is 1. The molecule has 0 radical (unpaired) electrons. The Balaban J connectivity index is 1.47. The Hall–Kier alpha value is -3.93. The molecule has 39 heavy (non-hydrogen) atoms. The van der Waals surface area contributed by atoms with Crippen molar-refractivity contribution in [2.45, 2.75) is 44.9 Å². The highest BCUT2D eigenvalue weighted by Crippen LogP contribution is 2.25. The molecule has 1 fully saturated rings. The number of amides is 2. The lowest BCUT2D eigenvalue weighted by molar-refractivity contribution is -0.147. The zero-order valence-corrected chi connectivity index (χ0v) is 21.8. The van der Waals surface area contributed by atoms with E-state index in [9.17, 15) is 27.6 Å². The summed E-state index contributed by atoms with van der Waals surface area (Å²) < 4.78 is 39.9. The number of aromatic nitrogens is 2. The van der Waals surface area contributed by atoms with Crippen LogP contribution in [-0.2, 0) is 17.8 Å². The molecular formula is C27H31F3N6O3. The normalized spacial score (nSPS) is 16.0. The summed E-state index contributed by atoms with van der Waals surface area (Å²) in [5.74, 6) is -0.786. The van der Waals surface area contributed by atoms with Crippen molar-refractivity contribution in [2.75, 3.05) is 32.4 Å². The van der Waals surface area contributed by atoms with E-state index < -0.39 is 24.1 Å². The van der Waals surface area contributed by atoms with Crippen LogP contribution in [-0.4, -0.2) is 65.2 Å². The first kappa shape index (κ1) is 28.1. The van der Waals surface area contributed by atoms with Gasteiger partial charge in [0.1, 0.15) is 17.0 Å². The number of hydrogen-bond acceptors (Lipinski definition) is 6. The van der Waals surface area contributed by atoms with Gasteiger partial charge in [-0.1, -0.05) is 24.3 Å². The monoisotopic (exact) mass is 544 g/mol. The number of likely N-dealkylation sites (tertiary alicyclic amines) is 1. The fraction of sp³-hybridized carbons (Fsp3) is 0.407. The number of aryl methyl sites for hydroxylation is 1. The Bertz CT molecular complexity index is 1440. The summed E-state index contributed by atoms with van der Waals surface area (Å²) in [6.45, 7) is 1.82. The van der Waals surface area contributed by atoms with Crippen LogP contribution < -0.4 is 21.8 Å². The SMILES string of the molecule is CCn1c(N)c(C(=O)NC)c(=O)c2ccc(-c3ccc(CC(=O)NC[C@H]4CCCN4CC(F)(F)F)cc3)nc21. The molecule has 12 heteroatoms. The van der Waals surface area contributed by atoms with Crippen LogP contribution in [0.5, 0.6) is 0 Å². The topological polar surface area (TPSA) is 122 Å². The van der Waals surface area contributed by atoms with Gasteiger partial charge in [0, 0.05) is 31.7 Å². The first-order valence-corrected chi connectivity index (χ1v) is 12.7. The van der Waals surface area contributed by atoms with Crippen LogP contribution in [0.25, 0.3) is 22.3 Å². The predicted molar refractivity (Wildman–Crippen MR) is 142 cm³/mol. The summed E-state index contributed by atoms with van der Waals surface area (Å²) in [5, 5.41) is 5.48. The molecule has 0 saturated carbocycles. The molecule has 1 aliphatic heterocycles. The molecule has 0 bridgehead atoms. The zero-order chi connectivity index (χ0) is 28.3. The average molecular weight is 545 g/mol. The van der Waals surface area contributed by atoms with Gasteiger partial charge in [-0.25, -0.2) is 4.98 Å². The number of anilines is 1. The van der Waals surface area contributed by atoms with Crippen molar-refractivity contribution in [3.05, 3.63) is 57.7 Å². The summed E-state index contributed by atoms with van der Waals surface area (Å²) in [6, 6.07) is 10.1. The van der Waals surface area contributed by atoms with Gasteiger partial charge in [0.05, 0.1) is 24.0 Å². The highest BCUT2D eigenvalue weighted by molar-refractivity contribution is 6.01. The standard InChI is InChI=1S/C27H31F3N6O3/c1-3-36-24(31)22(26(39)32-2)23(38)19-10-11-20(34-25(19)36)17-8-6-16(7-9-17)13-21(37)33-14-18-5-4-12-35(18)15-27(28,29)30/h6-11,18H,3-5,12-15,31H2,1-2H3,(H,32,39)(H,33,37)/t18-/m1/s1. The number of hydrogen-bond donors (Lipinski definition) is 3. The summed E-state index contributed by atoms with van der Waals surface area (Å²) in [4.78, 5) is 43.7. The van der Waals surface area contributed by atoms with E-state index in [1.807, 2.05) is 6.92 Å². The van der Waals surface area contributed by atoms with E-state index in [1.54, 1.807) is 41.0 Å². The molecule has 1 aliphatic rings. The predicted octanol–water partition coefficient (Wildman–Crippen LogP) is 2.71. The molecule has 3 aromatic rings. The Morgan fingerprint density at radius 1 is 1.15 bits per heavy atom. The van der Waals surface area contributed by atoms with Gasteiger partial charge in [-0.2, -0.15) is 13.2 Å². The van der Waals surface area contributed by atoms with Crippen LogP contribution in [0.3, 0.4) is 0 Å². The van der Waals surface area contributed by atoms with E-state index in [0.717, 1.165) is 11.1 Å². The molecule has 208 valence electrons. The van der Waals surface area contributed by atoms with Crippen molar-refractivity contribution in [2.24, 2.45) is 0 Å². The largest absolute Gasteiger partial charge is 0.401 e. The van der Waals surface area contributed by atoms with Crippen molar-refractivity contribution in [1.82, 2.24) is 25.1 Å². The van der Waals surface area contributed by atoms with E-state index in [0.29, 0.717) is 37.3 Å². The number of carbonyl (C=O) groups is 2. The van der Waals surface area contributed by atoms with Gasteiger partial charge in [0.25, 0.3) is 5.91 Å². The van der Waals surface area contributed by atoms with Crippen molar-refractivity contribution in [3.8, 4) is 11.3 Å². The number of alkyl halides is 3. The second-order valence-electron chi connectivity index (χ2n) is 9.54. The molecule has 2 amide bonds. The molecule has 4 N–H and O–H groups in total. The van der Waals surface area contributed by atoms with Gasteiger partial charge in [-0.3, -0.25) is 19.3 Å². The minimum atomic E-state index is -4.26. The second kappa shape index (κ2) is 11.4. The zero-order valence-electron chi connectivity index (χ0n) is 21.8. The first-order chi connectivity index (χ1) is 18.5. The number of pyridine rings is 2. The van der Waals surface area contributed by atoms with Crippen LogP contribution in [0.4, 0.5) is 19.0 Å². The quantitative estimate of drug-likeness (QED) is 0.401. The maximum absolute atomic E-state index is 12.9. The lowest BCUT2D eigenvalue weighted by Gasteiger charge is -2.25. The number of rotatable bonds is 8. The summed E-state index contributed by atoms with van der Waals surface area (Å²) >= 11 is 0. The number of nitrogens with two attached hydrogens (primary N) is 1. The van der Waals surface area contributed by atoms with Gasteiger partial charge < -0.3 is 20.9 Å². The molecule has 0 aliphatic carbocycles. The van der Waals surface area contributed by atoms with E-state index in [1.165, 1.54) is 11.9 Å². The van der Waals surface area contributed by atoms with Crippen LogP contribution in [0.15, 0.2) is 41.2 Å². The van der Waals surface area contributed by atoms with Crippen molar-refractivity contribution in [3.63, 3.8) is 0 Å². The molecule has 1 saturated heterocycles. The molecule has 0 spiro atoms. The Labute approximate surface area is 223 Å². The number of nitrogens with zero attached hydrogens (tertiary/aromatic N) is 3. The molecule has 4 rings (SSSR count). The molecular weight excluding hydrogens is 513 g/mol. The van der Waals surface area contributed by atoms with Crippen molar-refractivity contribution < 1.29 is 22.8 Å². The molecule has 1 aromatic carbocycles. The van der Waals surface area contributed by atoms with Gasteiger partial charge >= 0.3 is 6.18 Å². The van der Waals surface area contributed by atoms with Gasteiger partial charge in [-0.15, -0.1) is 0 Å². The number of benzene rings is 1. The number of fused-ring (bicyclic) bond motifs is 1. The Morgan fingerprint density at radius 2 is 1.87 bits per heavy atom. The fourth-order valence-electron chi connectivity index (χ4n) is 4.99. The van der Waals surface area contributed by atoms with Crippen LogP contribution >= 0.6 is 0 Å². The molecule has 1 atom stereocenters. The minimum Gasteiger partial charge on any atom is -0.384 e. The van der Waals surface area contributed by atoms with E-state index >= 15 is 0 Å². The van der Waals surface area contributed by atoms with Gasteiger partial charge in [0.2, 0.25) is 11.3 Å². The number of carbonyl (C=O) groups excluding carboxylic acids is 2. The molecule has 0 unspecified atom stereocenters. The third kappa shape index (κ3) is 6.22. The third-order valence-electron chi connectivity index (χ3n) is 6.95. The van der Waals surface area contributed by atoms with E-state index in [-0.39, 0.29) is 41.7 Å². The van der Waals surface area contributed by atoms with Crippen LogP contribution in [0.2, 0.25) is 0 Å². The highest BCUT2D eigenvalue weighted by atomic mass is 19.4. The summed E-state index contributed by atoms with van der Waals surface area (Å²) in [6.07, 6.45) is -2.87. The molecule has 3 heterocycles. The lowest BCUT2D eigenvalue weighted by atomic mass is 10.0. The van der Waals surface area contributed by atoms with Crippen molar-refractivity contribution >= 4 is 28.7 Å².